The minimum atomic E-state index is -0.119. The second kappa shape index (κ2) is 7.91. The molecule has 0 bridgehead atoms. The smallest absolute Gasteiger partial charge is 0.127 e. The highest BCUT2D eigenvalue weighted by molar-refractivity contribution is 5.65. The Morgan fingerprint density at radius 2 is 1.92 bits per heavy atom. The molecule has 1 heterocycles. The summed E-state index contributed by atoms with van der Waals surface area (Å²) in [6, 6.07) is 13.9. The lowest BCUT2D eigenvalue weighted by Gasteiger charge is -2.34. The van der Waals surface area contributed by atoms with Crippen molar-refractivity contribution in [1.29, 1.82) is 0 Å². The molecule has 0 unspecified atom stereocenters. The molecular weight excluding hydrogens is 301 g/mol. The van der Waals surface area contributed by atoms with Crippen molar-refractivity contribution in [3.05, 3.63) is 59.4 Å². The first-order valence-corrected chi connectivity index (χ1v) is 8.88. The lowest BCUT2D eigenvalue weighted by molar-refractivity contribution is 0.0911. The summed E-state index contributed by atoms with van der Waals surface area (Å²) in [7, 11) is 0. The minimum absolute atomic E-state index is 0.119. The van der Waals surface area contributed by atoms with Gasteiger partial charge in [0.1, 0.15) is 5.82 Å². The number of aliphatic hydroxyl groups is 1. The molecule has 1 saturated heterocycles. The highest BCUT2D eigenvalue weighted by Gasteiger charge is 2.21. The quantitative estimate of drug-likeness (QED) is 0.890. The predicted molar refractivity (Wildman–Crippen MR) is 96.6 cm³/mol. The van der Waals surface area contributed by atoms with E-state index in [1.54, 1.807) is 6.07 Å². The summed E-state index contributed by atoms with van der Waals surface area (Å²) in [5.74, 6) is -0.119. The fourth-order valence-corrected chi connectivity index (χ4v) is 3.70. The Balaban J connectivity index is 1.74. The van der Waals surface area contributed by atoms with Gasteiger partial charge in [0.05, 0.1) is 6.61 Å². The number of piperidine rings is 1. The third-order valence-electron chi connectivity index (χ3n) is 5.13. The molecular formula is C21H26FNO. The maximum atomic E-state index is 14.7. The summed E-state index contributed by atoms with van der Waals surface area (Å²) in [6.45, 7) is 4.01. The molecule has 128 valence electrons. The normalized spacial score (nSPS) is 18.7. The van der Waals surface area contributed by atoms with Gasteiger partial charge in [-0.15, -0.1) is 0 Å². The Morgan fingerprint density at radius 1 is 1.12 bits per heavy atom. The number of aryl methyl sites for hydroxylation is 1. The van der Waals surface area contributed by atoms with E-state index in [-0.39, 0.29) is 18.5 Å². The van der Waals surface area contributed by atoms with Gasteiger partial charge in [-0.3, -0.25) is 4.90 Å². The maximum Gasteiger partial charge on any atom is 0.127 e. The minimum Gasteiger partial charge on any atom is -0.395 e. The van der Waals surface area contributed by atoms with Gasteiger partial charge in [-0.2, -0.15) is 0 Å². The molecule has 3 heteroatoms. The lowest BCUT2D eigenvalue weighted by atomic mass is 9.96. The summed E-state index contributed by atoms with van der Waals surface area (Å²) < 4.78 is 14.7. The topological polar surface area (TPSA) is 23.5 Å². The van der Waals surface area contributed by atoms with Crippen molar-refractivity contribution in [2.75, 3.05) is 19.7 Å². The number of hydrogen-bond donors (Lipinski definition) is 1. The largest absolute Gasteiger partial charge is 0.395 e. The Bertz CT molecular complexity index is 648. The molecule has 2 nitrogen and oxygen atoms in total. The third-order valence-corrected chi connectivity index (χ3v) is 5.13. The van der Waals surface area contributed by atoms with Crippen molar-refractivity contribution in [3.63, 3.8) is 0 Å². The molecule has 2 aromatic carbocycles. The second-order valence-electron chi connectivity index (χ2n) is 6.74. The first-order valence-electron chi connectivity index (χ1n) is 8.88. The zero-order chi connectivity index (χ0) is 16.9. The molecule has 24 heavy (non-hydrogen) atoms. The van der Waals surface area contributed by atoms with Gasteiger partial charge in [-0.25, -0.2) is 4.39 Å². The summed E-state index contributed by atoms with van der Waals surface area (Å²) in [5.41, 5.74) is 3.78. The van der Waals surface area contributed by atoms with Gasteiger partial charge in [0.2, 0.25) is 0 Å². The molecule has 1 aliphatic rings. The van der Waals surface area contributed by atoms with E-state index in [1.807, 2.05) is 37.3 Å². The summed E-state index contributed by atoms with van der Waals surface area (Å²) in [4.78, 5) is 2.31. The SMILES string of the molecule is Cc1cc(-c2ccccc2)cc(F)c1CCN1CCCC[C@H]1CO. The molecule has 0 aliphatic carbocycles. The molecule has 0 amide bonds. The van der Waals surface area contributed by atoms with Gasteiger partial charge in [0.15, 0.2) is 0 Å². The zero-order valence-corrected chi connectivity index (χ0v) is 14.3. The van der Waals surface area contributed by atoms with E-state index in [0.29, 0.717) is 6.42 Å². The van der Waals surface area contributed by atoms with Crippen LogP contribution >= 0.6 is 0 Å². The van der Waals surface area contributed by atoms with Gasteiger partial charge in [0, 0.05) is 12.6 Å². The van der Waals surface area contributed by atoms with Crippen molar-refractivity contribution in [2.24, 2.45) is 0 Å². The Kier molecular flexibility index (Phi) is 5.64. The predicted octanol–water partition coefficient (Wildman–Crippen LogP) is 4.19. The first kappa shape index (κ1) is 17.1. The summed E-state index contributed by atoms with van der Waals surface area (Å²) in [5, 5.41) is 9.51. The van der Waals surface area contributed by atoms with Crippen LogP contribution < -0.4 is 0 Å². The van der Waals surface area contributed by atoms with E-state index in [2.05, 4.69) is 11.0 Å². The number of benzene rings is 2. The van der Waals surface area contributed by atoms with Crippen LogP contribution in [0, 0.1) is 12.7 Å². The molecule has 0 aromatic heterocycles. The molecule has 0 radical (unpaired) electrons. The van der Waals surface area contributed by atoms with Crippen molar-refractivity contribution in [3.8, 4) is 11.1 Å². The zero-order valence-electron chi connectivity index (χ0n) is 14.3. The Hall–Kier alpha value is -1.71. The van der Waals surface area contributed by atoms with E-state index < -0.39 is 0 Å². The van der Waals surface area contributed by atoms with Gasteiger partial charge >= 0.3 is 0 Å². The lowest BCUT2D eigenvalue weighted by Crippen LogP contribution is -2.42. The monoisotopic (exact) mass is 327 g/mol. The van der Waals surface area contributed by atoms with E-state index in [4.69, 9.17) is 0 Å². The number of aliphatic hydroxyl groups excluding tert-OH is 1. The molecule has 0 spiro atoms. The molecule has 0 saturated carbocycles. The van der Waals surface area contributed by atoms with Crippen molar-refractivity contribution in [1.82, 2.24) is 4.90 Å². The van der Waals surface area contributed by atoms with Crippen LogP contribution in [-0.4, -0.2) is 35.7 Å². The van der Waals surface area contributed by atoms with E-state index >= 15 is 0 Å². The fraction of sp³-hybridized carbons (Fsp3) is 0.429. The van der Waals surface area contributed by atoms with Crippen LogP contribution in [0.4, 0.5) is 4.39 Å². The van der Waals surface area contributed by atoms with Crippen LogP contribution in [-0.2, 0) is 6.42 Å². The Morgan fingerprint density at radius 3 is 2.62 bits per heavy atom. The van der Waals surface area contributed by atoms with Crippen LogP contribution in [0.15, 0.2) is 42.5 Å². The number of nitrogens with zero attached hydrogens (tertiary/aromatic N) is 1. The standard InChI is InChI=1S/C21H26FNO/c1-16-13-18(17-7-3-2-4-8-17)14-21(22)20(16)10-12-23-11-6-5-9-19(23)15-24/h2-4,7-8,13-14,19,24H,5-6,9-12,15H2,1H3/t19-/m0/s1. The molecule has 1 atom stereocenters. The molecule has 1 N–H and O–H groups in total. The van der Waals surface area contributed by atoms with Gasteiger partial charge < -0.3 is 5.11 Å². The van der Waals surface area contributed by atoms with Crippen molar-refractivity contribution in [2.45, 2.75) is 38.6 Å². The van der Waals surface area contributed by atoms with Crippen LogP contribution in [0.1, 0.15) is 30.4 Å². The fourth-order valence-electron chi connectivity index (χ4n) is 3.70. The number of rotatable bonds is 5. The maximum absolute atomic E-state index is 14.7. The number of likely N-dealkylation sites (tertiary alicyclic amines) is 1. The summed E-state index contributed by atoms with van der Waals surface area (Å²) in [6.07, 6.45) is 4.10. The third kappa shape index (κ3) is 3.85. The number of halogens is 1. The van der Waals surface area contributed by atoms with E-state index in [9.17, 15) is 9.50 Å². The van der Waals surface area contributed by atoms with Crippen LogP contribution in [0.25, 0.3) is 11.1 Å². The number of hydrogen-bond acceptors (Lipinski definition) is 2. The van der Waals surface area contributed by atoms with Gasteiger partial charge in [-0.05, 0) is 61.1 Å². The second-order valence-corrected chi connectivity index (χ2v) is 6.74. The first-order chi connectivity index (χ1) is 11.7. The van der Waals surface area contributed by atoms with E-state index in [1.165, 1.54) is 12.8 Å². The average molecular weight is 327 g/mol. The highest BCUT2D eigenvalue weighted by Crippen LogP contribution is 2.26. The van der Waals surface area contributed by atoms with Crippen molar-refractivity contribution >= 4 is 0 Å². The van der Waals surface area contributed by atoms with Gasteiger partial charge in [-0.1, -0.05) is 42.8 Å². The van der Waals surface area contributed by atoms with Crippen LogP contribution in [0.5, 0.6) is 0 Å². The molecule has 3 rings (SSSR count). The Labute approximate surface area is 143 Å². The van der Waals surface area contributed by atoms with Crippen molar-refractivity contribution < 1.29 is 9.50 Å². The van der Waals surface area contributed by atoms with Gasteiger partial charge in [0.25, 0.3) is 0 Å². The molecule has 1 fully saturated rings. The van der Waals surface area contributed by atoms with E-state index in [0.717, 1.165) is 41.8 Å². The molecule has 2 aromatic rings. The van der Waals surface area contributed by atoms with Crippen LogP contribution in [0.3, 0.4) is 0 Å². The summed E-state index contributed by atoms with van der Waals surface area (Å²) >= 11 is 0. The molecule has 1 aliphatic heterocycles. The van der Waals surface area contributed by atoms with Crippen LogP contribution in [0.2, 0.25) is 0 Å². The average Bonchev–Trinajstić information content (AvgIpc) is 2.62. The highest BCUT2D eigenvalue weighted by atomic mass is 19.1.